The van der Waals surface area contributed by atoms with E-state index in [0.29, 0.717) is 16.6 Å². The summed E-state index contributed by atoms with van der Waals surface area (Å²) in [5.41, 5.74) is 1.85. The highest BCUT2D eigenvalue weighted by atomic mass is 16.5. The molecule has 0 amide bonds. The van der Waals surface area contributed by atoms with Crippen LogP contribution >= 0.6 is 0 Å². The Morgan fingerprint density at radius 2 is 1.83 bits per heavy atom. The summed E-state index contributed by atoms with van der Waals surface area (Å²) in [6, 6.07) is 8.80. The topological polar surface area (TPSA) is 69.8 Å². The highest BCUT2D eigenvalue weighted by Crippen LogP contribution is 2.17. The summed E-state index contributed by atoms with van der Waals surface area (Å²) in [5, 5.41) is 0. The number of hydrogen-bond acceptors (Lipinski definition) is 4. The van der Waals surface area contributed by atoms with Crippen molar-refractivity contribution >= 4 is 28.3 Å². The fourth-order valence-corrected chi connectivity index (χ4v) is 2.66. The van der Waals surface area contributed by atoms with Crippen LogP contribution in [0.2, 0.25) is 0 Å². The third-order valence-electron chi connectivity index (χ3n) is 3.72. The lowest BCUT2D eigenvalue weighted by Crippen LogP contribution is -2.27. The predicted molar refractivity (Wildman–Crippen MR) is 85.8 cm³/mol. The van der Waals surface area contributed by atoms with Gasteiger partial charge in [0.15, 0.2) is 5.78 Å². The van der Waals surface area contributed by atoms with Gasteiger partial charge < -0.3 is 9.14 Å². The van der Waals surface area contributed by atoms with E-state index in [2.05, 4.69) is 0 Å². The fraction of sp³-hybridized carbons (Fsp3) is 0.235. The Bertz CT molecular complexity index is 981. The number of nitrogens with zero attached hydrogens (tertiary/aromatic N) is 2. The third kappa shape index (κ3) is 2.52. The molecule has 0 bridgehead atoms. The zero-order chi connectivity index (χ0) is 16.6. The summed E-state index contributed by atoms with van der Waals surface area (Å²) in [6.07, 6.45) is 1.65. The smallest absolute Gasteiger partial charge is 0.326 e. The summed E-state index contributed by atoms with van der Waals surface area (Å²) in [4.78, 5) is 36.2. The van der Waals surface area contributed by atoms with Gasteiger partial charge in [-0.1, -0.05) is 12.1 Å². The van der Waals surface area contributed by atoms with Crippen LogP contribution in [0, 0.1) is 0 Å². The Morgan fingerprint density at radius 1 is 1.13 bits per heavy atom. The van der Waals surface area contributed by atoms with E-state index < -0.39 is 5.97 Å². The van der Waals surface area contributed by atoms with Crippen molar-refractivity contribution in [3.05, 3.63) is 52.4 Å². The van der Waals surface area contributed by atoms with Gasteiger partial charge in [0.05, 0.1) is 17.6 Å². The molecule has 2 aromatic heterocycles. The van der Waals surface area contributed by atoms with Crippen molar-refractivity contribution in [3.8, 4) is 0 Å². The number of carbonyl (C=O) groups is 2. The zero-order valence-electron chi connectivity index (χ0n) is 12.9. The monoisotopic (exact) mass is 312 g/mol. The van der Waals surface area contributed by atoms with Crippen LogP contribution in [0.15, 0.2) is 41.3 Å². The average molecular weight is 312 g/mol. The van der Waals surface area contributed by atoms with E-state index in [1.54, 1.807) is 35.7 Å². The number of ether oxygens (including phenoxy) is 1. The molecule has 0 spiro atoms. The maximum Gasteiger partial charge on any atom is 0.326 e. The van der Waals surface area contributed by atoms with Crippen LogP contribution in [0.1, 0.15) is 24.2 Å². The molecule has 6 heteroatoms. The Kier molecular flexibility index (Phi) is 3.73. The quantitative estimate of drug-likeness (QED) is 0.546. The van der Waals surface area contributed by atoms with Crippen LogP contribution in [0.4, 0.5) is 0 Å². The maximum absolute atomic E-state index is 12.7. The Balaban J connectivity index is 2.33. The van der Waals surface area contributed by atoms with E-state index in [4.69, 9.17) is 4.74 Å². The van der Waals surface area contributed by atoms with Crippen molar-refractivity contribution in [1.82, 2.24) is 8.97 Å². The second-order valence-corrected chi connectivity index (χ2v) is 5.23. The van der Waals surface area contributed by atoms with Gasteiger partial charge in [-0.25, -0.2) is 0 Å². The Hall–Kier alpha value is -2.89. The highest BCUT2D eigenvalue weighted by molar-refractivity contribution is 5.96. The summed E-state index contributed by atoms with van der Waals surface area (Å²) in [7, 11) is 0. The normalized spacial score (nSPS) is 11.0. The van der Waals surface area contributed by atoms with Crippen LogP contribution in [0.3, 0.4) is 0 Å². The summed E-state index contributed by atoms with van der Waals surface area (Å²) < 4.78 is 8.02. The lowest BCUT2D eigenvalue weighted by atomic mass is 10.2. The first-order valence-corrected chi connectivity index (χ1v) is 7.33. The van der Waals surface area contributed by atoms with Gasteiger partial charge >= 0.3 is 5.97 Å². The summed E-state index contributed by atoms with van der Waals surface area (Å²) in [5.74, 6) is -0.587. The number of fused-ring (bicyclic) bond motifs is 3. The molecule has 23 heavy (non-hydrogen) atoms. The molecule has 0 radical (unpaired) electrons. The van der Waals surface area contributed by atoms with Crippen molar-refractivity contribution in [2.45, 2.75) is 20.4 Å². The largest absolute Gasteiger partial charge is 0.465 e. The number of esters is 1. The highest BCUT2D eigenvalue weighted by Gasteiger charge is 2.15. The molecule has 0 aliphatic rings. The molecule has 0 saturated heterocycles. The van der Waals surface area contributed by atoms with Gasteiger partial charge in [-0.15, -0.1) is 0 Å². The molecule has 0 N–H and O–H groups in total. The Morgan fingerprint density at radius 3 is 2.48 bits per heavy atom. The molecule has 2 heterocycles. The van der Waals surface area contributed by atoms with Crippen LogP contribution in [-0.2, 0) is 16.1 Å². The summed E-state index contributed by atoms with van der Waals surface area (Å²) in [6.45, 7) is 3.26. The molecule has 1 aromatic carbocycles. The standard InChI is InChI=1S/C17H16N2O4/c1-3-23-16(21)10-19-14-7-5-4-6-13(14)18-9-12(11(2)20)8-15(18)17(19)22/h4-9H,3,10H2,1-2H3. The molecule has 118 valence electrons. The molecule has 0 atom stereocenters. The lowest BCUT2D eigenvalue weighted by molar-refractivity contribution is -0.143. The second-order valence-electron chi connectivity index (χ2n) is 5.23. The number of rotatable bonds is 4. The minimum absolute atomic E-state index is 0.117. The van der Waals surface area contributed by atoms with Crippen LogP contribution in [0.5, 0.6) is 0 Å². The first kappa shape index (κ1) is 15.0. The first-order valence-electron chi connectivity index (χ1n) is 7.33. The van der Waals surface area contributed by atoms with Gasteiger partial charge in [0, 0.05) is 11.8 Å². The van der Waals surface area contributed by atoms with Crippen molar-refractivity contribution in [2.24, 2.45) is 0 Å². The maximum atomic E-state index is 12.7. The molecule has 0 fully saturated rings. The van der Waals surface area contributed by atoms with Gasteiger partial charge in [-0.05, 0) is 32.0 Å². The minimum atomic E-state index is -0.470. The molecule has 0 saturated carbocycles. The van der Waals surface area contributed by atoms with E-state index in [9.17, 15) is 14.4 Å². The molecule has 0 aliphatic carbocycles. The zero-order valence-corrected chi connectivity index (χ0v) is 12.9. The summed E-state index contributed by atoms with van der Waals surface area (Å²) >= 11 is 0. The van der Waals surface area contributed by atoms with E-state index in [1.165, 1.54) is 11.5 Å². The van der Waals surface area contributed by atoms with E-state index in [-0.39, 0.29) is 24.5 Å². The third-order valence-corrected chi connectivity index (χ3v) is 3.72. The molecule has 3 rings (SSSR count). The lowest BCUT2D eigenvalue weighted by Gasteiger charge is -2.11. The second kappa shape index (κ2) is 5.72. The van der Waals surface area contributed by atoms with Gasteiger partial charge in [-0.2, -0.15) is 0 Å². The number of benzene rings is 1. The van der Waals surface area contributed by atoms with Crippen molar-refractivity contribution in [3.63, 3.8) is 0 Å². The number of aromatic nitrogens is 2. The number of carbonyl (C=O) groups excluding carboxylic acids is 2. The van der Waals surface area contributed by atoms with Crippen molar-refractivity contribution in [2.75, 3.05) is 6.61 Å². The van der Waals surface area contributed by atoms with Gasteiger partial charge in [-0.3, -0.25) is 19.0 Å². The SMILES string of the molecule is CCOC(=O)Cn1c(=O)c2cc(C(C)=O)cn2c2ccccc21. The predicted octanol–water partition coefficient (Wildman–Crippen LogP) is 2.02. The molecule has 0 aliphatic heterocycles. The van der Waals surface area contributed by atoms with Crippen LogP contribution in [0.25, 0.3) is 16.6 Å². The van der Waals surface area contributed by atoms with E-state index in [0.717, 1.165) is 5.52 Å². The van der Waals surface area contributed by atoms with Crippen LogP contribution in [-0.4, -0.2) is 27.3 Å². The van der Waals surface area contributed by atoms with Crippen LogP contribution < -0.4 is 5.56 Å². The molecular formula is C17H16N2O4. The van der Waals surface area contributed by atoms with E-state index >= 15 is 0 Å². The Labute approximate surface area is 131 Å². The molecule has 3 aromatic rings. The fourth-order valence-electron chi connectivity index (χ4n) is 2.66. The molecule has 0 unspecified atom stereocenters. The molecular weight excluding hydrogens is 296 g/mol. The van der Waals surface area contributed by atoms with Gasteiger partial charge in [0.25, 0.3) is 5.56 Å². The van der Waals surface area contributed by atoms with Crippen molar-refractivity contribution < 1.29 is 14.3 Å². The number of Topliss-reactive ketones (excluding diaryl/α,β-unsaturated/α-hetero) is 1. The number of ketones is 1. The van der Waals surface area contributed by atoms with Gasteiger partial charge in [0.2, 0.25) is 0 Å². The number of hydrogen-bond donors (Lipinski definition) is 0. The number of para-hydroxylation sites is 2. The average Bonchev–Trinajstić information content (AvgIpc) is 2.97. The van der Waals surface area contributed by atoms with Gasteiger partial charge in [0.1, 0.15) is 12.1 Å². The van der Waals surface area contributed by atoms with E-state index in [1.807, 2.05) is 12.1 Å². The first-order chi connectivity index (χ1) is 11.0. The minimum Gasteiger partial charge on any atom is -0.465 e. The van der Waals surface area contributed by atoms with Crippen molar-refractivity contribution in [1.29, 1.82) is 0 Å². The molecule has 6 nitrogen and oxygen atoms in total.